The molecule has 0 atom stereocenters. The SMILES string of the molecule is CC(=O)N(c1ccccc1)c1nc(/C=N\N(c2ccccc2)c2ccccc2)cs1. The molecule has 30 heavy (non-hydrogen) atoms. The molecule has 0 fully saturated rings. The van der Waals surface area contributed by atoms with Gasteiger partial charge in [-0.2, -0.15) is 5.10 Å². The van der Waals surface area contributed by atoms with E-state index in [1.807, 2.05) is 101 Å². The summed E-state index contributed by atoms with van der Waals surface area (Å²) in [5.74, 6) is -0.0887. The first kappa shape index (κ1) is 19.5. The second-order valence-corrected chi connectivity index (χ2v) is 7.31. The minimum Gasteiger partial charge on any atom is -0.274 e. The number of aromatic nitrogens is 1. The van der Waals surface area contributed by atoms with Gasteiger partial charge >= 0.3 is 0 Å². The first-order valence-corrected chi connectivity index (χ1v) is 10.4. The van der Waals surface area contributed by atoms with Gasteiger partial charge in [-0.1, -0.05) is 54.6 Å². The predicted octanol–water partition coefficient (Wildman–Crippen LogP) is 6.00. The highest BCUT2D eigenvalue weighted by atomic mass is 32.1. The fraction of sp³-hybridized carbons (Fsp3) is 0.0417. The maximum atomic E-state index is 12.2. The molecule has 1 aromatic heterocycles. The Morgan fingerprint density at radius 2 is 1.33 bits per heavy atom. The lowest BCUT2D eigenvalue weighted by molar-refractivity contribution is -0.115. The Balaban J connectivity index is 1.63. The van der Waals surface area contributed by atoms with Crippen LogP contribution in [0, 0.1) is 0 Å². The molecule has 0 radical (unpaired) electrons. The minimum absolute atomic E-state index is 0.0887. The molecular formula is C24H20N4OS. The van der Waals surface area contributed by atoms with Gasteiger partial charge in [-0.15, -0.1) is 11.3 Å². The van der Waals surface area contributed by atoms with E-state index in [2.05, 4.69) is 10.1 Å². The monoisotopic (exact) mass is 412 g/mol. The van der Waals surface area contributed by atoms with Gasteiger partial charge in [0.25, 0.3) is 0 Å². The van der Waals surface area contributed by atoms with Gasteiger partial charge in [-0.3, -0.25) is 9.69 Å². The van der Waals surface area contributed by atoms with E-state index in [-0.39, 0.29) is 5.91 Å². The van der Waals surface area contributed by atoms with Crippen molar-refractivity contribution >= 4 is 45.7 Å². The fourth-order valence-corrected chi connectivity index (χ4v) is 3.82. The van der Waals surface area contributed by atoms with E-state index in [1.165, 1.54) is 18.3 Å². The summed E-state index contributed by atoms with van der Waals surface area (Å²) in [4.78, 5) is 18.5. The van der Waals surface area contributed by atoms with Crippen molar-refractivity contribution in [2.45, 2.75) is 6.92 Å². The van der Waals surface area contributed by atoms with E-state index in [1.54, 1.807) is 11.1 Å². The molecule has 148 valence electrons. The summed E-state index contributed by atoms with van der Waals surface area (Å²) < 4.78 is 0. The average molecular weight is 413 g/mol. The van der Waals surface area contributed by atoms with Crippen LogP contribution in [-0.4, -0.2) is 17.1 Å². The third kappa shape index (κ3) is 4.45. The van der Waals surface area contributed by atoms with Crippen LogP contribution < -0.4 is 9.91 Å². The Hall–Kier alpha value is -3.77. The molecule has 0 saturated carbocycles. The largest absolute Gasteiger partial charge is 0.274 e. The van der Waals surface area contributed by atoms with E-state index < -0.39 is 0 Å². The maximum Gasteiger partial charge on any atom is 0.230 e. The number of nitrogens with zero attached hydrogens (tertiary/aromatic N) is 4. The first-order valence-electron chi connectivity index (χ1n) is 9.48. The molecule has 0 aliphatic carbocycles. The highest BCUT2D eigenvalue weighted by Crippen LogP contribution is 2.29. The van der Waals surface area contributed by atoms with Crippen molar-refractivity contribution < 1.29 is 4.79 Å². The quantitative estimate of drug-likeness (QED) is 0.288. The summed E-state index contributed by atoms with van der Waals surface area (Å²) in [6, 6.07) is 29.4. The van der Waals surface area contributed by atoms with E-state index in [9.17, 15) is 4.79 Å². The molecule has 4 rings (SSSR count). The third-order valence-corrected chi connectivity index (χ3v) is 5.18. The predicted molar refractivity (Wildman–Crippen MR) is 124 cm³/mol. The summed E-state index contributed by atoms with van der Waals surface area (Å²) >= 11 is 1.41. The number of anilines is 4. The number of benzene rings is 3. The Bertz CT molecular complexity index is 1090. The van der Waals surface area contributed by atoms with Crippen molar-refractivity contribution in [1.82, 2.24) is 4.98 Å². The van der Waals surface area contributed by atoms with E-state index in [0.717, 1.165) is 17.1 Å². The van der Waals surface area contributed by atoms with E-state index >= 15 is 0 Å². The zero-order valence-electron chi connectivity index (χ0n) is 16.4. The second kappa shape index (κ2) is 9.15. The van der Waals surface area contributed by atoms with Gasteiger partial charge in [0.05, 0.1) is 29.0 Å². The van der Waals surface area contributed by atoms with Gasteiger partial charge in [-0.05, 0) is 36.4 Å². The molecule has 0 aliphatic rings. The summed E-state index contributed by atoms with van der Waals surface area (Å²) in [6.07, 6.45) is 1.71. The van der Waals surface area contributed by atoms with Gasteiger partial charge in [-0.25, -0.2) is 9.99 Å². The number of thiazole rings is 1. The zero-order valence-corrected chi connectivity index (χ0v) is 17.2. The highest BCUT2D eigenvalue weighted by molar-refractivity contribution is 7.14. The molecule has 0 spiro atoms. The average Bonchev–Trinajstić information content (AvgIpc) is 3.24. The Kier molecular flexibility index (Phi) is 5.96. The van der Waals surface area contributed by atoms with Crippen LogP contribution >= 0.6 is 11.3 Å². The molecule has 0 unspecified atom stereocenters. The van der Waals surface area contributed by atoms with Crippen LogP contribution in [0.3, 0.4) is 0 Å². The van der Waals surface area contributed by atoms with Crippen LogP contribution in [0.1, 0.15) is 12.6 Å². The van der Waals surface area contributed by atoms with Gasteiger partial charge < -0.3 is 0 Å². The molecule has 6 heteroatoms. The van der Waals surface area contributed by atoms with Crippen LogP contribution in [0.25, 0.3) is 0 Å². The normalized spacial score (nSPS) is 10.8. The van der Waals surface area contributed by atoms with Crippen molar-refractivity contribution in [1.29, 1.82) is 0 Å². The number of amides is 1. The maximum absolute atomic E-state index is 12.2. The number of hydrogen-bond donors (Lipinski definition) is 0. The minimum atomic E-state index is -0.0887. The molecular weight excluding hydrogens is 392 g/mol. The zero-order chi connectivity index (χ0) is 20.8. The van der Waals surface area contributed by atoms with Crippen LogP contribution in [-0.2, 0) is 4.79 Å². The lowest BCUT2D eigenvalue weighted by Gasteiger charge is -2.19. The molecule has 0 saturated heterocycles. The molecule has 0 aliphatic heterocycles. The van der Waals surface area contributed by atoms with Gasteiger partial charge in [0.2, 0.25) is 5.91 Å². The molecule has 0 bridgehead atoms. The smallest absolute Gasteiger partial charge is 0.230 e. The Morgan fingerprint density at radius 3 is 1.83 bits per heavy atom. The van der Waals surface area contributed by atoms with Crippen molar-refractivity contribution in [3.05, 3.63) is 102 Å². The van der Waals surface area contributed by atoms with Crippen LogP contribution in [0.15, 0.2) is 101 Å². The molecule has 5 nitrogen and oxygen atoms in total. The topological polar surface area (TPSA) is 48.8 Å². The lowest BCUT2D eigenvalue weighted by atomic mass is 10.2. The summed E-state index contributed by atoms with van der Waals surface area (Å²) in [5.41, 5.74) is 3.38. The van der Waals surface area contributed by atoms with Crippen molar-refractivity contribution in [2.24, 2.45) is 5.10 Å². The van der Waals surface area contributed by atoms with E-state index in [0.29, 0.717) is 10.8 Å². The number of rotatable bonds is 6. The van der Waals surface area contributed by atoms with Gasteiger partial charge in [0.1, 0.15) is 0 Å². The molecule has 3 aromatic carbocycles. The summed E-state index contributed by atoms with van der Waals surface area (Å²) in [7, 11) is 0. The first-order chi connectivity index (χ1) is 14.7. The third-order valence-electron chi connectivity index (χ3n) is 4.34. The Labute approximate surface area is 179 Å². The summed E-state index contributed by atoms with van der Waals surface area (Å²) in [5, 5.41) is 9.04. The van der Waals surface area contributed by atoms with Crippen molar-refractivity contribution in [2.75, 3.05) is 9.91 Å². The van der Waals surface area contributed by atoms with E-state index in [4.69, 9.17) is 0 Å². The molecule has 1 heterocycles. The molecule has 0 N–H and O–H groups in total. The summed E-state index contributed by atoms with van der Waals surface area (Å²) in [6.45, 7) is 1.54. The molecule has 4 aromatic rings. The standard InChI is InChI=1S/C24H20N4OS/c1-19(29)27(21-11-5-2-6-12-21)24-26-20(18-30-24)17-25-28(22-13-7-3-8-14-22)23-15-9-4-10-16-23/h2-18H,1H3/b25-17-. The van der Waals surface area contributed by atoms with Crippen LogP contribution in [0.2, 0.25) is 0 Å². The lowest BCUT2D eigenvalue weighted by Crippen LogP contribution is -2.22. The van der Waals surface area contributed by atoms with Crippen molar-refractivity contribution in [3.8, 4) is 0 Å². The van der Waals surface area contributed by atoms with Crippen LogP contribution in [0.4, 0.5) is 22.2 Å². The van der Waals surface area contributed by atoms with Gasteiger partial charge in [0.15, 0.2) is 5.13 Å². The number of hydrazone groups is 1. The number of hydrogen-bond acceptors (Lipinski definition) is 5. The Morgan fingerprint density at radius 1 is 0.833 bits per heavy atom. The number of carbonyl (C=O) groups excluding carboxylic acids is 1. The fourth-order valence-electron chi connectivity index (χ4n) is 2.98. The van der Waals surface area contributed by atoms with Crippen LogP contribution in [0.5, 0.6) is 0 Å². The van der Waals surface area contributed by atoms with Gasteiger partial charge in [0, 0.05) is 12.3 Å². The second-order valence-electron chi connectivity index (χ2n) is 6.47. The van der Waals surface area contributed by atoms with Crippen molar-refractivity contribution in [3.63, 3.8) is 0 Å². The molecule has 1 amide bonds. The number of para-hydroxylation sites is 3. The number of carbonyl (C=O) groups is 1. The highest BCUT2D eigenvalue weighted by Gasteiger charge is 2.17.